The van der Waals surface area contributed by atoms with E-state index in [0.717, 1.165) is 38.2 Å². The third kappa shape index (κ3) is 4.64. The Morgan fingerprint density at radius 1 is 1.28 bits per heavy atom. The van der Waals surface area contributed by atoms with Gasteiger partial charge in [0.05, 0.1) is 17.3 Å². The Bertz CT molecular complexity index is 953. The summed E-state index contributed by atoms with van der Waals surface area (Å²) in [5.41, 5.74) is -1.12. The lowest BCUT2D eigenvalue weighted by Crippen LogP contribution is -2.60. The van der Waals surface area contributed by atoms with E-state index in [1.54, 1.807) is 11.0 Å². The quantitative estimate of drug-likeness (QED) is 0.783. The molecule has 1 spiro atoms. The highest BCUT2D eigenvalue weighted by Crippen LogP contribution is 2.35. The van der Waals surface area contributed by atoms with Crippen LogP contribution >= 0.6 is 0 Å². The summed E-state index contributed by atoms with van der Waals surface area (Å²) in [6.45, 7) is 7.85. The summed E-state index contributed by atoms with van der Waals surface area (Å²) in [6.07, 6.45) is 4.30. The Morgan fingerprint density at radius 2 is 2.03 bits per heavy atom. The van der Waals surface area contributed by atoms with Crippen molar-refractivity contribution in [3.8, 4) is 0 Å². The number of carbonyl (C=O) groups is 1. The molecular formula is C25H32FN3O3. The summed E-state index contributed by atoms with van der Waals surface area (Å²) in [6, 6.07) is 10.3. The molecule has 1 atom stereocenters. The number of rotatable bonds is 4. The lowest BCUT2D eigenvalue weighted by atomic mass is 9.87. The van der Waals surface area contributed by atoms with Crippen LogP contribution in [-0.2, 0) is 10.3 Å². The van der Waals surface area contributed by atoms with Crippen LogP contribution in [0.2, 0.25) is 0 Å². The number of hydrogen-bond donors (Lipinski definition) is 1. The molecule has 3 heterocycles. The number of amides is 1. The van der Waals surface area contributed by atoms with Gasteiger partial charge in [-0.15, -0.1) is 0 Å². The second-order valence-electron chi connectivity index (χ2n) is 9.45. The third-order valence-corrected chi connectivity index (χ3v) is 6.59. The number of aromatic nitrogens is 1. The molecule has 1 aromatic heterocycles. The minimum absolute atomic E-state index is 0.122. The SMILES string of the molecule is CCC1CN(c2ccccn2)CC2(CCN(C(=O)c3ccc(C(C)(C)O)c(F)c3)CC2)O1. The van der Waals surface area contributed by atoms with Crippen LogP contribution in [0.4, 0.5) is 10.2 Å². The zero-order valence-electron chi connectivity index (χ0n) is 19.1. The van der Waals surface area contributed by atoms with E-state index >= 15 is 0 Å². The Labute approximate surface area is 189 Å². The summed E-state index contributed by atoms with van der Waals surface area (Å²) in [4.78, 5) is 21.6. The normalized spacial score (nSPS) is 21.1. The van der Waals surface area contributed by atoms with Gasteiger partial charge in [-0.05, 0) is 57.4 Å². The first-order chi connectivity index (χ1) is 15.2. The Morgan fingerprint density at radius 3 is 2.62 bits per heavy atom. The molecule has 0 aliphatic carbocycles. The summed E-state index contributed by atoms with van der Waals surface area (Å²) >= 11 is 0. The molecule has 1 aromatic carbocycles. The van der Waals surface area contributed by atoms with Crippen LogP contribution in [0.15, 0.2) is 42.6 Å². The maximum atomic E-state index is 14.5. The number of pyridine rings is 1. The summed E-state index contributed by atoms with van der Waals surface area (Å²) in [5.74, 6) is 0.198. The van der Waals surface area contributed by atoms with Crippen molar-refractivity contribution in [2.45, 2.75) is 57.3 Å². The number of benzene rings is 1. The van der Waals surface area contributed by atoms with Gasteiger partial charge in [-0.2, -0.15) is 0 Å². The topological polar surface area (TPSA) is 65.9 Å². The summed E-state index contributed by atoms with van der Waals surface area (Å²) < 4.78 is 21.0. The fourth-order valence-electron chi connectivity index (χ4n) is 4.73. The van der Waals surface area contributed by atoms with E-state index in [1.165, 1.54) is 26.0 Å². The maximum absolute atomic E-state index is 14.5. The first-order valence-corrected chi connectivity index (χ1v) is 11.4. The Kier molecular flexibility index (Phi) is 6.23. The summed E-state index contributed by atoms with van der Waals surface area (Å²) in [7, 11) is 0. The first-order valence-electron chi connectivity index (χ1n) is 11.4. The van der Waals surface area contributed by atoms with E-state index < -0.39 is 11.4 Å². The maximum Gasteiger partial charge on any atom is 0.253 e. The number of hydrogen-bond acceptors (Lipinski definition) is 5. The third-order valence-electron chi connectivity index (χ3n) is 6.59. The van der Waals surface area contributed by atoms with Gasteiger partial charge in [0, 0.05) is 43.5 Å². The van der Waals surface area contributed by atoms with E-state index in [2.05, 4.69) is 16.8 Å². The van der Waals surface area contributed by atoms with Crippen LogP contribution in [0.3, 0.4) is 0 Å². The monoisotopic (exact) mass is 441 g/mol. The van der Waals surface area contributed by atoms with E-state index in [9.17, 15) is 14.3 Å². The van der Waals surface area contributed by atoms with Crippen molar-refractivity contribution in [2.24, 2.45) is 0 Å². The number of halogens is 1. The number of piperidine rings is 1. The zero-order valence-corrected chi connectivity index (χ0v) is 19.1. The predicted octanol–water partition coefficient (Wildman–Crippen LogP) is 3.74. The van der Waals surface area contributed by atoms with Crippen molar-refractivity contribution in [1.82, 2.24) is 9.88 Å². The minimum Gasteiger partial charge on any atom is -0.386 e. The van der Waals surface area contributed by atoms with Crippen molar-refractivity contribution in [1.29, 1.82) is 0 Å². The molecular weight excluding hydrogens is 409 g/mol. The van der Waals surface area contributed by atoms with Gasteiger partial charge in [-0.25, -0.2) is 9.37 Å². The van der Waals surface area contributed by atoms with Crippen molar-refractivity contribution >= 4 is 11.7 Å². The average molecular weight is 442 g/mol. The molecule has 1 unspecified atom stereocenters. The molecule has 2 aliphatic rings. The van der Waals surface area contributed by atoms with Gasteiger partial charge in [0.15, 0.2) is 0 Å². The van der Waals surface area contributed by atoms with Crippen molar-refractivity contribution in [3.05, 3.63) is 59.5 Å². The largest absolute Gasteiger partial charge is 0.386 e. The fraction of sp³-hybridized carbons (Fsp3) is 0.520. The van der Waals surface area contributed by atoms with Gasteiger partial charge < -0.3 is 19.6 Å². The van der Waals surface area contributed by atoms with Crippen LogP contribution in [0, 0.1) is 5.82 Å². The van der Waals surface area contributed by atoms with Gasteiger partial charge in [-0.1, -0.05) is 19.1 Å². The molecule has 0 bridgehead atoms. The molecule has 0 radical (unpaired) electrons. The molecule has 1 N–H and O–H groups in total. The van der Waals surface area contributed by atoms with Gasteiger partial charge in [0.2, 0.25) is 0 Å². The number of likely N-dealkylation sites (tertiary alicyclic amines) is 1. The number of ether oxygens (including phenoxy) is 1. The minimum atomic E-state index is -1.29. The molecule has 2 aromatic rings. The molecule has 2 fully saturated rings. The predicted molar refractivity (Wildman–Crippen MR) is 121 cm³/mol. The molecule has 1 amide bonds. The Hall–Kier alpha value is -2.51. The molecule has 6 nitrogen and oxygen atoms in total. The van der Waals surface area contributed by atoms with Crippen molar-refractivity contribution in [2.75, 3.05) is 31.1 Å². The van der Waals surface area contributed by atoms with Crippen molar-refractivity contribution in [3.63, 3.8) is 0 Å². The standard InChI is InChI=1S/C25H32FN3O3/c1-4-19-16-29(22-7-5-6-12-27-22)17-25(32-19)10-13-28(14-11-25)23(30)18-8-9-20(21(26)15-18)24(2,3)31/h5-9,12,15,19,31H,4,10-11,13-14,16-17H2,1-3H3. The van der Waals surface area contributed by atoms with Crippen molar-refractivity contribution < 1.29 is 19.0 Å². The van der Waals surface area contributed by atoms with E-state index in [4.69, 9.17) is 4.74 Å². The van der Waals surface area contributed by atoms with E-state index in [-0.39, 0.29) is 23.2 Å². The van der Waals surface area contributed by atoms with Crippen LogP contribution in [0.5, 0.6) is 0 Å². The Balaban J connectivity index is 1.46. The lowest BCUT2D eigenvalue weighted by molar-refractivity contribution is -0.130. The lowest BCUT2D eigenvalue weighted by Gasteiger charge is -2.50. The van der Waals surface area contributed by atoms with Crippen LogP contribution in [0.1, 0.15) is 56.0 Å². The van der Waals surface area contributed by atoms with E-state index in [0.29, 0.717) is 18.7 Å². The molecule has 2 aliphatic heterocycles. The van der Waals surface area contributed by atoms with Crippen LogP contribution in [0.25, 0.3) is 0 Å². The fourth-order valence-corrected chi connectivity index (χ4v) is 4.73. The van der Waals surface area contributed by atoms with Crippen LogP contribution in [-0.4, -0.2) is 58.8 Å². The van der Waals surface area contributed by atoms with Crippen LogP contribution < -0.4 is 4.90 Å². The summed E-state index contributed by atoms with van der Waals surface area (Å²) in [5, 5.41) is 10.1. The number of carbonyl (C=O) groups excluding carboxylic acids is 1. The molecule has 4 rings (SSSR count). The molecule has 0 saturated carbocycles. The smallest absolute Gasteiger partial charge is 0.253 e. The van der Waals surface area contributed by atoms with Gasteiger partial charge in [-0.3, -0.25) is 4.79 Å². The number of nitrogens with zero attached hydrogens (tertiary/aromatic N) is 3. The highest BCUT2D eigenvalue weighted by Gasteiger charge is 2.43. The van der Waals surface area contributed by atoms with Gasteiger partial charge in [0.1, 0.15) is 11.6 Å². The number of morpholine rings is 1. The molecule has 2 saturated heterocycles. The second kappa shape index (κ2) is 8.79. The first kappa shape index (κ1) is 22.7. The van der Waals surface area contributed by atoms with Gasteiger partial charge in [0.25, 0.3) is 5.91 Å². The molecule has 32 heavy (non-hydrogen) atoms. The molecule has 7 heteroatoms. The second-order valence-corrected chi connectivity index (χ2v) is 9.45. The highest BCUT2D eigenvalue weighted by atomic mass is 19.1. The zero-order chi connectivity index (χ0) is 22.9. The number of anilines is 1. The number of aliphatic hydroxyl groups is 1. The van der Waals surface area contributed by atoms with Gasteiger partial charge >= 0.3 is 0 Å². The average Bonchev–Trinajstić information content (AvgIpc) is 2.78. The highest BCUT2D eigenvalue weighted by molar-refractivity contribution is 5.94. The molecule has 172 valence electrons. The van der Waals surface area contributed by atoms with E-state index in [1.807, 2.05) is 24.4 Å².